The summed E-state index contributed by atoms with van der Waals surface area (Å²) in [6.45, 7) is 4.11. The second-order valence-corrected chi connectivity index (χ2v) is 4.87. The number of benzene rings is 1. The van der Waals surface area contributed by atoms with E-state index in [0.29, 0.717) is 12.2 Å². The number of rotatable bonds is 6. The fraction of sp³-hybridized carbons (Fsp3) is 0.412. The van der Waals surface area contributed by atoms with Crippen LogP contribution in [0.15, 0.2) is 30.0 Å². The summed E-state index contributed by atoms with van der Waals surface area (Å²) in [5, 5.41) is 0. The van der Waals surface area contributed by atoms with E-state index in [4.69, 9.17) is 9.47 Å². The normalized spacial score (nSPS) is 13.7. The molecule has 0 N–H and O–H groups in total. The number of carbonyl (C=O) groups is 2. The van der Waals surface area contributed by atoms with Crippen molar-refractivity contribution in [2.24, 2.45) is 0 Å². The van der Waals surface area contributed by atoms with Gasteiger partial charge in [0.2, 0.25) is 5.78 Å². The Bertz CT molecular complexity index is 572. The van der Waals surface area contributed by atoms with Crippen molar-refractivity contribution in [3.63, 3.8) is 0 Å². The molecule has 1 aromatic rings. The van der Waals surface area contributed by atoms with Crippen molar-refractivity contribution in [1.29, 1.82) is 0 Å². The van der Waals surface area contributed by atoms with Crippen LogP contribution in [0.25, 0.3) is 0 Å². The second kappa shape index (κ2) is 7.07. The molecule has 0 radical (unpaired) electrons. The molecule has 0 heterocycles. The summed E-state index contributed by atoms with van der Waals surface area (Å²) < 4.78 is 10.0. The highest BCUT2D eigenvalue weighted by Crippen LogP contribution is 2.24. The number of ether oxygens (including phenoxy) is 2. The first kappa shape index (κ1) is 15.3. The van der Waals surface area contributed by atoms with Crippen molar-refractivity contribution in [1.82, 2.24) is 0 Å². The van der Waals surface area contributed by atoms with Crippen molar-refractivity contribution in [3.8, 4) is 0 Å². The molecule has 0 amide bonds. The summed E-state index contributed by atoms with van der Waals surface area (Å²) in [7, 11) is 0. The van der Waals surface area contributed by atoms with Gasteiger partial charge in [0, 0.05) is 5.56 Å². The molecule has 0 atom stereocenters. The van der Waals surface area contributed by atoms with Crippen molar-refractivity contribution in [2.45, 2.75) is 33.1 Å². The van der Waals surface area contributed by atoms with Crippen LogP contribution in [0.3, 0.4) is 0 Å². The first-order chi connectivity index (χ1) is 10.2. The van der Waals surface area contributed by atoms with Crippen LogP contribution in [0.1, 0.15) is 41.8 Å². The summed E-state index contributed by atoms with van der Waals surface area (Å²) in [5.41, 5.74) is 2.93. The third-order valence-corrected chi connectivity index (χ3v) is 3.47. The largest absolute Gasteiger partial charge is 0.500 e. The van der Waals surface area contributed by atoms with Gasteiger partial charge in [0.15, 0.2) is 0 Å². The van der Waals surface area contributed by atoms with Crippen LogP contribution in [0.4, 0.5) is 0 Å². The Hall–Kier alpha value is -2.10. The lowest BCUT2D eigenvalue weighted by Gasteiger charge is -2.08. The van der Waals surface area contributed by atoms with E-state index in [0.717, 1.165) is 19.3 Å². The average Bonchev–Trinajstić information content (AvgIpc) is 2.95. The third-order valence-electron chi connectivity index (χ3n) is 3.47. The average molecular weight is 288 g/mol. The number of ketones is 1. The van der Waals surface area contributed by atoms with Gasteiger partial charge in [-0.05, 0) is 50.3 Å². The van der Waals surface area contributed by atoms with Gasteiger partial charge in [-0.1, -0.05) is 12.1 Å². The van der Waals surface area contributed by atoms with E-state index >= 15 is 0 Å². The molecule has 0 fully saturated rings. The molecule has 2 rings (SSSR count). The predicted octanol–water partition coefficient (Wildman–Crippen LogP) is 2.84. The van der Waals surface area contributed by atoms with Gasteiger partial charge in [-0.15, -0.1) is 0 Å². The zero-order valence-electron chi connectivity index (χ0n) is 12.5. The lowest BCUT2D eigenvalue weighted by atomic mass is 10.00. The minimum Gasteiger partial charge on any atom is -0.500 e. The maximum absolute atomic E-state index is 12.5. The molecule has 0 aromatic heterocycles. The highest BCUT2D eigenvalue weighted by Gasteiger charge is 2.23. The lowest BCUT2D eigenvalue weighted by molar-refractivity contribution is -0.138. The van der Waals surface area contributed by atoms with Gasteiger partial charge in [-0.25, -0.2) is 4.79 Å². The zero-order valence-corrected chi connectivity index (χ0v) is 12.5. The molecule has 1 aliphatic carbocycles. The van der Waals surface area contributed by atoms with Crippen LogP contribution >= 0.6 is 0 Å². The Labute approximate surface area is 124 Å². The van der Waals surface area contributed by atoms with Gasteiger partial charge in [0.25, 0.3) is 0 Å². The fourth-order valence-corrected chi connectivity index (χ4v) is 2.44. The number of fused-ring (bicyclic) bond motifs is 1. The van der Waals surface area contributed by atoms with E-state index in [1.165, 1.54) is 17.4 Å². The number of hydrogen-bond acceptors (Lipinski definition) is 4. The molecule has 0 bridgehead atoms. The van der Waals surface area contributed by atoms with Crippen molar-refractivity contribution < 1.29 is 19.1 Å². The number of esters is 1. The highest BCUT2D eigenvalue weighted by atomic mass is 16.5. The molecule has 1 aliphatic rings. The molecule has 0 unspecified atom stereocenters. The van der Waals surface area contributed by atoms with Crippen molar-refractivity contribution in [2.75, 3.05) is 13.2 Å². The Kier molecular flexibility index (Phi) is 5.14. The maximum Gasteiger partial charge on any atom is 0.345 e. The lowest BCUT2D eigenvalue weighted by Crippen LogP contribution is -2.17. The summed E-state index contributed by atoms with van der Waals surface area (Å²) in [6.07, 6.45) is 4.36. The van der Waals surface area contributed by atoms with Gasteiger partial charge >= 0.3 is 5.97 Å². The van der Waals surface area contributed by atoms with Crippen LogP contribution in [0.2, 0.25) is 0 Å². The Morgan fingerprint density at radius 1 is 1.14 bits per heavy atom. The van der Waals surface area contributed by atoms with Gasteiger partial charge in [-0.3, -0.25) is 4.79 Å². The van der Waals surface area contributed by atoms with Crippen LogP contribution in [-0.4, -0.2) is 25.0 Å². The standard InChI is InChI=1S/C17H20O4/c1-3-20-11-15(17(19)21-4-2)16(18)14-9-8-12-6-5-7-13(12)10-14/h8-11H,3-7H2,1-2H3/b15-11-. The monoisotopic (exact) mass is 288 g/mol. The minimum absolute atomic E-state index is 0.0587. The molecule has 0 saturated carbocycles. The Morgan fingerprint density at radius 3 is 2.62 bits per heavy atom. The van der Waals surface area contributed by atoms with Crippen LogP contribution in [0, 0.1) is 0 Å². The SMILES string of the molecule is CCO/C=C(\C(=O)OCC)C(=O)c1ccc2c(c1)CCC2. The molecule has 0 spiro atoms. The Morgan fingerprint density at radius 2 is 1.90 bits per heavy atom. The summed E-state index contributed by atoms with van der Waals surface area (Å²) in [5.74, 6) is -0.993. The van der Waals surface area contributed by atoms with Crippen LogP contribution in [0.5, 0.6) is 0 Å². The Balaban J connectivity index is 2.27. The third kappa shape index (κ3) is 3.51. The highest BCUT2D eigenvalue weighted by molar-refractivity contribution is 6.24. The summed E-state index contributed by atoms with van der Waals surface area (Å²) in [6, 6.07) is 5.62. The van der Waals surface area contributed by atoms with Crippen molar-refractivity contribution >= 4 is 11.8 Å². The molecule has 1 aromatic carbocycles. The van der Waals surface area contributed by atoms with Gasteiger partial charge in [0.05, 0.1) is 13.2 Å². The smallest absolute Gasteiger partial charge is 0.345 e. The number of aryl methyl sites for hydroxylation is 2. The first-order valence-electron chi connectivity index (χ1n) is 7.32. The zero-order chi connectivity index (χ0) is 15.2. The number of Topliss-reactive ketones (excluding diaryl/α,β-unsaturated/α-hetero) is 1. The quantitative estimate of drug-likeness (QED) is 0.202. The fourth-order valence-electron chi connectivity index (χ4n) is 2.44. The number of carbonyl (C=O) groups excluding carboxylic acids is 2. The molecule has 4 heteroatoms. The van der Waals surface area contributed by atoms with E-state index in [2.05, 4.69) is 0 Å². The van der Waals surface area contributed by atoms with Crippen LogP contribution < -0.4 is 0 Å². The molecule has 4 nitrogen and oxygen atoms in total. The van der Waals surface area contributed by atoms with Crippen molar-refractivity contribution in [3.05, 3.63) is 46.7 Å². The maximum atomic E-state index is 12.5. The second-order valence-electron chi connectivity index (χ2n) is 4.87. The van der Waals surface area contributed by atoms with E-state index in [1.807, 2.05) is 12.1 Å². The van der Waals surface area contributed by atoms with Gasteiger partial charge in [0.1, 0.15) is 11.8 Å². The minimum atomic E-state index is -0.642. The topological polar surface area (TPSA) is 52.6 Å². The molecule has 0 aliphatic heterocycles. The summed E-state index contributed by atoms with van der Waals surface area (Å²) in [4.78, 5) is 24.4. The molecular formula is C17H20O4. The van der Waals surface area contributed by atoms with E-state index in [9.17, 15) is 9.59 Å². The van der Waals surface area contributed by atoms with E-state index < -0.39 is 5.97 Å². The molecule has 21 heavy (non-hydrogen) atoms. The van der Waals surface area contributed by atoms with Gasteiger partial charge in [-0.2, -0.15) is 0 Å². The summed E-state index contributed by atoms with van der Waals surface area (Å²) >= 11 is 0. The van der Waals surface area contributed by atoms with Gasteiger partial charge < -0.3 is 9.47 Å². The molecule has 0 saturated heterocycles. The number of hydrogen-bond donors (Lipinski definition) is 0. The van der Waals surface area contributed by atoms with E-state index in [-0.39, 0.29) is 18.0 Å². The first-order valence-corrected chi connectivity index (χ1v) is 7.32. The molecule has 112 valence electrons. The van der Waals surface area contributed by atoms with E-state index in [1.54, 1.807) is 19.9 Å². The predicted molar refractivity (Wildman–Crippen MR) is 79.1 cm³/mol. The van der Waals surface area contributed by atoms with Crippen LogP contribution in [-0.2, 0) is 27.1 Å². The molecular weight excluding hydrogens is 268 g/mol.